The average molecular weight is 346 g/mol. The summed E-state index contributed by atoms with van der Waals surface area (Å²) >= 11 is 0. The summed E-state index contributed by atoms with van der Waals surface area (Å²) in [5.74, 6) is 0.150. The minimum absolute atomic E-state index is 0. The van der Waals surface area contributed by atoms with E-state index in [1.54, 1.807) is 17.6 Å². The third kappa shape index (κ3) is 3.66. The van der Waals surface area contributed by atoms with E-state index in [0.717, 1.165) is 11.3 Å². The first kappa shape index (κ1) is 18.2. The number of amides is 1. The molecule has 0 spiro atoms. The second kappa shape index (κ2) is 7.59. The maximum absolute atomic E-state index is 11.5. The van der Waals surface area contributed by atoms with Gasteiger partial charge in [-0.15, -0.1) is 0 Å². The van der Waals surface area contributed by atoms with Crippen LogP contribution in [0.5, 0.6) is 5.75 Å². The van der Waals surface area contributed by atoms with Crippen molar-refractivity contribution in [1.29, 1.82) is 0 Å². The molecule has 24 heavy (non-hydrogen) atoms. The molecule has 0 fully saturated rings. The Kier molecular flexibility index (Phi) is 5.75. The SMILES string of the molecule is Cc1ccc(N2Cc3ccc(C(=O)NO)cc3OC[C@@H]2C)cc1.S. The van der Waals surface area contributed by atoms with Crippen molar-refractivity contribution in [3.8, 4) is 5.75 Å². The first-order valence-electron chi connectivity index (χ1n) is 7.62. The Hall–Kier alpha value is -2.18. The molecule has 1 aliphatic heterocycles. The Bertz CT molecular complexity index is 719. The Morgan fingerprint density at radius 3 is 2.62 bits per heavy atom. The highest BCUT2D eigenvalue weighted by Crippen LogP contribution is 2.29. The summed E-state index contributed by atoms with van der Waals surface area (Å²) < 4.78 is 5.87. The van der Waals surface area contributed by atoms with Gasteiger partial charge in [0.2, 0.25) is 0 Å². The van der Waals surface area contributed by atoms with Crippen molar-refractivity contribution >= 4 is 25.1 Å². The predicted octanol–water partition coefficient (Wildman–Crippen LogP) is 3.01. The third-order valence-electron chi connectivity index (χ3n) is 4.15. The van der Waals surface area contributed by atoms with Gasteiger partial charge in [-0.25, -0.2) is 5.48 Å². The zero-order valence-corrected chi connectivity index (χ0v) is 14.7. The van der Waals surface area contributed by atoms with E-state index in [4.69, 9.17) is 9.94 Å². The van der Waals surface area contributed by atoms with Crippen molar-refractivity contribution in [2.75, 3.05) is 11.5 Å². The summed E-state index contributed by atoms with van der Waals surface area (Å²) in [6, 6.07) is 13.9. The zero-order valence-electron chi connectivity index (χ0n) is 13.7. The van der Waals surface area contributed by atoms with E-state index in [1.165, 1.54) is 5.56 Å². The summed E-state index contributed by atoms with van der Waals surface area (Å²) in [6.45, 7) is 5.43. The van der Waals surface area contributed by atoms with Crippen molar-refractivity contribution in [3.63, 3.8) is 0 Å². The van der Waals surface area contributed by atoms with Gasteiger partial charge in [-0.3, -0.25) is 10.0 Å². The van der Waals surface area contributed by atoms with Crippen LogP contribution in [0.3, 0.4) is 0 Å². The Labute approximate surface area is 148 Å². The molecule has 1 aliphatic rings. The number of hydrogen-bond donors (Lipinski definition) is 2. The van der Waals surface area contributed by atoms with Gasteiger partial charge in [-0.2, -0.15) is 13.5 Å². The number of anilines is 1. The molecule has 0 unspecified atom stereocenters. The molecule has 1 atom stereocenters. The molecular formula is C18H22N2O3S. The molecule has 0 bridgehead atoms. The number of fused-ring (bicyclic) bond motifs is 1. The van der Waals surface area contributed by atoms with Crippen LogP contribution < -0.4 is 15.1 Å². The first-order chi connectivity index (χ1) is 11.1. The number of benzene rings is 2. The van der Waals surface area contributed by atoms with Crippen molar-refractivity contribution < 1.29 is 14.7 Å². The van der Waals surface area contributed by atoms with Gasteiger partial charge >= 0.3 is 0 Å². The summed E-state index contributed by atoms with van der Waals surface area (Å²) in [5.41, 5.74) is 5.42. The van der Waals surface area contributed by atoms with Gasteiger partial charge in [0, 0.05) is 23.4 Å². The minimum atomic E-state index is -0.538. The molecule has 0 saturated heterocycles. The van der Waals surface area contributed by atoms with Gasteiger partial charge in [-0.05, 0) is 38.1 Å². The summed E-state index contributed by atoms with van der Waals surface area (Å²) in [5, 5.41) is 8.75. The number of aryl methyl sites for hydroxylation is 1. The van der Waals surface area contributed by atoms with Crippen molar-refractivity contribution in [2.45, 2.75) is 26.4 Å². The van der Waals surface area contributed by atoms with Gasteiger partial charge < -0.3 is 9.64 Å². The van der Waals surface area contributed by atoms with E-state index in [-0.39, 0.29) is 19.5 Å². The Morgan fingerprint density at radius 2 is 1.96 bits per heavy atom. The van der Waals surface area contributed by atoms with Crippen LogP contribution in [0.2, 0.25) is 0 Å². The van der Waals surface area contributed by atoms with Crippen molar-refractivity contribution in [2.24, 2.45) is 0 Å². The van der Waals surface area contributed by atoms with Crippen molar-refractivity contribution in [1.82, 2.24) is 5.48 Å². The van der Waals surface area contributed by atoms with Crippen LogP contribution in [0.15, 0.2) is 42.5 Å². The van der Waals surface area contributed by atoms with E-state index in [0.29, 0.717) is 24.5 Å². The maximum atomic E-state index is 11.5. The lowest BCUT2D eigenvalue weighted by atomic mass is 10.1. The van der Waals surface area contributed by atoms with Crippen LogP contribution in [-0.2, 0) is 6.54 Å². The molecule has 1 heterocycles. The largest absolute Gasteiger partial charge is 0.491 e. The molecule has 2 aromatic rings. The van der Waals surface area contributed by atoms with Crippen molar-refractivity contribution in [3.05, 3.63) is 59.2 Å². The number of ether oxygens (including phenoxy) is 1. The lowest BCUT2D eigenvalue weighted by molar-refractivity contribution is 0.0706. The average Bonchev–Trinajstić information content (AvgIpc) is 2.74. The monoisotopic (exact) mass is 346 g/mol. The second-order valence-electron chi connectivity index (χ2n) is 5.89. The Balaban J connectivity index is 0.00000208. The molecule has 2 N–H and O–H groups in total. The standard InChI is InChI=1S/C18H20N2O3.H2S/c1-12-3-7-16(8-4-12)20-10-15-6-5-14(18(21)19-22)9-17(15)23-11-13(20)2;/h3-9,13,22H,10-11H2,1-2H3,(H,19,21);1H2/t13-;/m0./s1. The van der Waals surface area contributed by atoms with Gasteiger partial charge in [0.1, 0.15) is 12.4 Å². The van der Waals surface area contributed by atoms with E-state index in [2.05, 4.69) is 43.0 Å². The molecule has 128 valence electrons. The summed E-state index contributed by atoms with van der Waals surface area (Å²) in [7, 11) is 0. The van der Waals surface area contributed by atoms with Crippen LogP contribution in [0.4, 0.5) is 5.69 Å². The van der Waals surface area contributed by atoms with E-state index in [9.17, 15) is 4.79 Å². The second-order valence-corrected chi connectivity index (χ2v) is 5.89. The zero-order chi connectivity index (χ0) is 16.4. The molecule has 0 radical (unpaired) electrons. The highest BCUT2D eigenvalue weighted by Gasteiger charge is 2.22. The highest BCUT2D eigenvalue weighted by molar-refractivity contribution is 7.59. The predicted molar refractivity (Wildman–Crippen MR) is 98.4 cm³/mol. The first-order valence-corrected chi connectivity index (χ1v) is 7.62. The quantitative estimate of drug-likeness (QED) is 0.648. The maximum Gasteiger partial charge on any atom is 0.274 e. The van der Waals surface area contributed by atoms with Crippen LogP contribution in [-0.4, -0.2) is 23.8 Å². The molecule has 5 nitrogen and oxygen atoms in total. The number of nitrogens with zero attached hydrogens (tertiary/aromatic N) is 1. The van der Waals surface area contributed by atoms with Crippen LogP contribution in [0.25, 0.3) is 0 Å². The number of hydroxylamine groups is 1. The van der Waals surface area contributed by atoms with Crippen LogP contribution in [0, 0.1) is 6.92 Å². The molecule has 6 heteroatoms. The minimum Gasteiger partial charge on any atom is -0.491 e. The Morgan fingerprint density at radius 1 is 1.25 bits per heavy atom. The van der Waals surface area contributed by atoms with Gasteiger partial charge in [0.25, 0.3) is 5.91 Å². The van der Waals surface area contributed by atoms with Crippen LogP contribution in [0.1, 0.15) is 28.4 Å². The van der Waals surface area contributed by atoms with Gasteiger partial charge in [0.05, 0.1) is 6.04 Å². The number of carbonyl (C=O) groups is 1. The normalized spacial score (nSPS) is 16.3. The highest BCUT2D eigenvalue weighted by atomic mass is 32.1. The fraction of sp³-hybridized carbons (Fsp3) is 0.278. The number of hydrogen-bond acceptors (Lipinski definition) is 4. The van der Waals surface area contributed by atoms with E-state index in [1.807, 2.05) is 6.07 Å². The lowest BCUT2D eigenvalue weighted by Crippen LogP contribution is -2.34. The molecular weight excluding hydrogens is 324 g/mol. The molecule has 0 aromatic heterocycles. The van der Waals surface area contributed by atoms with E-state index >= 15 is 0 Å². The smallest absolute Gasteiger partial charge is 0.274 e. The van der Waals surface area contributed by atoms with Gasteiger partial charge in [-0.1, -0.05) is 23.8 Å². The molecule has 1 amide bonds. The lowest BCUT2D eigenvalue weighted by Gasteiger charge is -2.28. The summed E-state index contributed by atoms with van der Waals surface area (Å²) in [4.78, 5) is 13.8. The fourth-order valence-electron chi connectivity index (χ4n) is 2.75. The molecule has 2 aromatic carbocycles. The fourth-order valence-corrected chi connectivity index (χ4v) is 2.75. The topological polar surface area (TPSA) is 61.8 Å². The van der Waals surface area contributed by atoms with Crippen LogP contribution >= 0.6 is 13.5 Å². The van der Waals surface area contributed by atoms with Gasteiger partial charge in [0.15, 0.2) is 0 Å². The summed E-state index contributed by atoms with van der Waals surface area (Å²) in [6.07, 6.45) is 0. The number of nitrogens with one attached hydrogen (secondary N) is 1. The molecule has 0 saturated carbocycles. The van der Waals surface area contributed by atoms with E-state index < -0.39 is 5.91 Å². The number of carbonyl (C=O) groups excluding carboxylic acids is 1. The number of rotatable bonds is 2. The molecule has 0 aliphatic carbocycles. The third-order valence-corrected chi connectivity index (χ3v) is 4.15. The molecule has 3 rings (SSSR count).